The van der Waals surface area contributed by atoms with Gasteiger partial charge in [-0.15, -0.1) is 0 Å². The van der Waals surface area contributed by atoms with Crippen molar-refractivity contribution in [3.63, 3.8) is 0 Å². The van der Waals surface area contributed by atoms with Crippen molar-refractivity contribution in [1.29, 1.82) is 0 Å². The van der Waals surface area contributed by atoms with E-state index in [-0.39, 0.29) is 17.9 Å². The monoisotopic (exact) mass is 535 g/mol. The van der Waals surface area contributed by atoms with Gasteiger partial charge < -0.3 is 14.6 Å². The van der Waals surface area contributed by atoms with Crippen molar-refractivity contribution < 1.29 is 18.8 Å². The predicted molar refractivity (Wildman–Crippen MR) is 143 cm³/mol. The SMILES string of the molecule is Cc1nc(-c2ccc3ncnc(N[C@H]4C[C@@H](C(=O)N(C)c5nc(C)c(C(=O)OC(C)(C)C)s5)C4)c3c2)no1. The van der Waals surface area contributed by atoms with Crippen LogP contribution in [0.3, 0.4) is 0 Å². The number of aryl methyl sites for hydroxylation is 2. The molecule has 0 radical (unpaired) electrons. The number of carbonyl (C=O) groups excluding carboxylic acids is 2. The summed E-state index contributed by atoms with van der Waals surface area (Å²) in [4.78, 5) is 45.2. The van der Waals surface area contributed by atoms with Gasteiger partial charge >= 0.3 is 5.97 Å². The van der Waals surface area contributed by atoms with Crippen LogP contribution in [0.2, 0.25) is 0 Å². The van der Waals surface area contributed by atoms with Crippen molar-refractivity contribution in [2.24, 2.45) is 5.92 Å². The zero-order chi connectivity index (χ0) is 27.2. The number of aromatic nitrogens is 5. The molecule has 5 rings (SSSR count). The van der Waals surface area contributed by atoms with Crippen LogP contribution in [0.5, 0.6) is 0 Å². The number of nitrogens with one attached hydrogen (secondary N) is 1. The topological polar surface area (TPSA) is 136 Å². The zero-order valence-electron chi connectivity index (χ0n) is 22.1. The molecule has 3 heterocycles. The molecular formula is C26H29N7O4S. The first kappa shape index (κ1) is 25.7. The lowest BCUT2D eigenvalue weighted by atomic mass is 9.79. The number of ether oxygens (including phenoxy) is 1. The molecule has 0 atom stereocenters. The van der Waals surface area contributed by atoms with Gasteiger partial charge in [0.1, 0.15) is 22.6 Å². The van der Waals surface area contributed by atoms with Gasteiger partial charge in [0.2, 0.25) is 17.6 Å². The molecule has 1 aliphatic carbocycles. The molecule has 0 spiro atoms. The van der Waals surface area contributed by atoms with Crippen molar-refractivity contribution in [3.05, 3.63) is 41.0 Å². The van der Waals surface area contributed by atoms with E-state index < -0.39 is 11.6 Å². The highest BCUT2D eigenvalue weighted by Crippen LogP contribution is 2.36. The zero-order valence-corrected chi connectivity index (χ0v) is 22.9. The summed E-state index contributed by atoms with van der Waals surface area (Å²) in [6.45, 7) is 8.94. The number of carbonyl (C=O) groups is 2. The largest absolute Gasteiger partial charge is 0.456 e. The molecule has 0 aliphatic heterocycles. The van der Waals surface area contributed by atoms with E-state index in [9.17, 15) is 9.59 Å². The Morgan fingerprint density at radius 2 is 1.92 bits per heavy atom. The Bertz CT molecular complexity index is 1520. The van der Waals surface area contributed by atoms with Crippen molar-refractivity contribution >= 4 is 45.1 Å². The van der Waals surface area contributed by atoms with Crippen LogP contribution < -0.4 is 10.2 Å². The maximum Gasteiger partial charge on any atom is 0.350 e. The molecule has 38 heavy (non-hydrogen) atoms. The predicted octanol–water partition coefficient (Wildman–Crippen LogP) is 4.56. The van der Waals surface area contributed by atoms with E-state index in [1.807, 2.05) is 39.0 Å². The second-order valence-corrected chi connectivity index (χ2v) is 11.4. The Hall–Kier alpha value is -3.93. The fourth-order valence-electron chi connectivity index (χ4n) is 4.27. The molecule has 1 amide bonds. The molecule has 0 bridgehead atoms. The van der Waals surface area contributed by atoms with Crippen molar-refractivity contribution in [2.75, 3.05) is 17.3 Å². The molecule has 1 aromatic carbocycles. The fraction of sp³-hybridized carbons (Fsp3) is 0.423. The maximum absolute atomic E-state index is 13.2. The minimum Gasteiger partial charge on any atom is -0.456 e. The van der Waals surface area contributed by atoms with Gasteiger partial charge in [-0.2, -0.15) is 4.98 Å². The lowest BCUT2D eigenvalue weighted by molar-refractivity contribution is -0.124. The lowest BCUT2D eigenvalue weighted by Gasteiger charge is -2.36. The second-order valence-electron chi connectivity index (χ2n) is 10.4. The number of hydrogen-bond donors (Lipinski definition) is 1. The Morgan fingerprint density at radius 3 is 2.61 bits per heavy atom. The Morgan fingerprint density at radius 1 is 1.16 bits per heavy atom. The van der Waals surface area contributed by atoms with Crippen LogP contribution in [0.4, 0.5) is 10.9 Å². The van der Waals surface area contributed by atoms with E-state index in [1.54, 1.807) is 20.9 Å². The highest BCUT2D eigenvalue weighted by atomic mass is 32.1. The van der Waals surface area contributed by atoms with E-state index in [1.165, 1.54) is 22.6 Å². The molecule has 1 fully saturated rings. The summed E-state index contributed by atoms with van der Waals surface area (Å²) in [5.74, 6) is 1.07. The third-order valence-electron chi connectivity index (χ3n) is 6.24. The van der Waals surface area contributed by atoms with Crippen molar-refractivity contribution in [2.45, 2.75) is 59.1 Å². The molecule has 12 heteroatoms. The van der Waals surface area contributed by atoms with Crippen LogP contribution in [-0.2, 0) is 9.53 Å². The first-order chi connectivity index (χ1) is 18.0. The number of hydrogen-bond acceptors (Lipinski definition) is 11. The normalized spacial score (nSPS) is 17.2. The summed E-state index contributed by atoms with van der Waals surface area (Å²) in [5, 5.41) is 8.77. The van der Waals surface area contributed by atoms with E-state index in [2.05, 4.69) is 30.4 Å². The molecule has 1 N–H and O–H groups in total. The Labute approximate surface area is 223 Å². The highest BCUT2D eigenvalue weighted by Gasteiger charge is 2.38. The van der Waals surface area contributed by atoms with Gasteiger partial charge in [-0.3, -0.25) is 9.69 Å². The molecule has 11 nitrogen and oxygen atoms in total. The minimum atomic E-state index is -0.605. The van der Waals surface area contributed by atoms with Gasteiger partial charge in [-0.1, -0.05) is 16.5 Å². The van der Waals surface area contributed by atoms with Crippen molar-refractivity contribution in [3.8, 4) is 11.4 Å². The van der Waals surface area contributed by atoms with E-state index >= 15 is 0 Å². The molecule has 1 saturated carbocycles. The van der Waals surface area contributed by atoms with Gasteiger partial charge in [-0.25, -0.2) is 19.7 Å². The standard InChI is InChI=1S/C26H29N7O4S/c1-13-20(24(35)36-26(3,4)5)38-25(29-13)33(6)23(34)16-9-17(10-16)31-22-18-11-15(21-30-14(2)37-32-21)7-8-19(18)27-12-28-22/h7-8,11-12,16-17H,9-10H2,1-6H3,(H,27,28,31)/t16-,17+. The summed E-state index contributed by atoms with van der Waals surface area (Å²) in [5.41, 5.74) is 1.54. The number of rotatable bonds is 6. The minimum absolute atomic E-state index is 0.0325. The Balaban J connectivity index is 1.24. The second kappa shape index (κ2) is 9.75. The Kier molecular flexibility index (Phi) is 6.59. The summed E-state index contributed by atoms with van der Waals surface area (Å²) >= 11 is 1.17. The maximum atomic E-state index is 13.2. The molecule has 4 aromatic rings. The first-order valence-corrected chi connectivity index (χ1v) is 13.1. The van der Waals surface area contributed by atoms with Crippen molar-refractivity contribution in [1.82, 2.24) is 25.1 Å². The van der Waals surface area contributed by atoms with Gasteiger partial charge in [0, 0.05) is 36.9 Å². The smallest absolute Gasteiger partial charge is 0.350 e. The number of benzene rings is 1. The van der Waals surface area contributed by atoms with Gasteiger partial charge in [-0.05, 0) is 58.7 Å². The number of anilines is 2. The number of amides is 1. The fourth-order valence-corrected chi connectivity index (χ4v) is 5.18. The quantitative estimate of drug-likeness (QED) is 0.350. The van der Waals surface area contributed by atoms with Gasteiger partial charge in [0.05, 0.1) is 11.2 Å². The molecule has 1 aliphatic rings. The number of thiazole rings is 1. The molecular weight excluding hydrogens is 506 g/mol. The van der Waals surface area contributed by atoms with Gasteiger partial charge in [0.15, 0.2) is 5.13 Å². The van der Waals surface area contributed by atoms with E-state index in [0.29, 0.717) is 46.1 Å². The highest BCUT2D eigenvalue weighted by molar-refractivity contribution is 7.17. The molecule has 0 unspecified atom stereocenters. The van der Waals surface area contributed by atoms with Crippen LogP contribution in [0.25, 0.3) is 22.3 Å². The third kappa shape index (κ3) is 5.21. The van der Waals surface area contributed by atoms with Crippen LogP contribution in [0.1, 0.15) is 54.9 Å². The van der Waals surface area contributed by atoms with Crippen LogP contribution >= 0.6 is 11.3 Å². The summed E-state index contributed by atoms with van der Waals surface area (Å²) < 4.78 is 10.6. The third-order valence-corrected chi connectivity index (χ3v) is 7.45. The van der Waals surface area contributed by atoms with E-state index in [4.69, 9.17) is 9.26 Å². The molecule has 198 valence electrons. The van der Waals surface area contributed by atoms with Crippen LogP contribution in [-0.4, -0.2) is 55.7 Å². The number of esters is 1. The number of nitrogens with zero attached hydrogens (tertiary/aromatic N) is 6. The van der Waals surface area contributed by atoms with Crippen LogP contribution in [0.15, 0.2) is 29.0 Å². The average molecular weight is 536 g/mol. The summed E-state index contributed by atoms with van der Waals surface area (Å²) in [6.07, 6.45) is 2.83. The summed E-state index contributed by atoms with van der Waals surface area (Å²) in [6, 6.07) is 5.81. The molecule has 0 saturated heterocycles. The lowest BCUT2D eigenvalue weighted by Crippen LogP contribution is -2.45. The average Bonchev–Trinajstić information content (AvgIpc) is 3.44. The number of fused-ring (bicyclic) bond motifs is 1. The molecule has 3 aromatic heterocycles. The van der Waals surface area contributed by atoms with E-state index in [0.717, 1.165) is 16.5 Å². The first-order valence-electron chi connectivity index (χ1n) is 12.3. The van der Waals surface area contributed by atoms with Gasteiger partial charge in [0.25, 0.3) is 0 Å². The summed E-state index contributed by atoms with van der Waals surface area (Å²) in [7, 11) is 1.69. The van der Waals surface area contributed by atoms with Crippen LogP contribution in [0, 0.1) is 19.8 Å².